The summed E-state index contributed by atoms with van der Waals surface area (Å²) >= 11 is 0. The summed E-state index contributed by atoms with van der Waals surface area (Å²) in [6, 6.07) is 5.27. The van der Waals surface area contributed by atoms with Crippen LogP contribution in [-0.2, 0) is 0 Å². The molecule has 1 aliphatic rings. The van der Waals surface area contributed by atoms with E-state index in [9.17, 15) is 14.9 Å². The minimum Gasteiger partial charge on any atom is -0.410 e. The van der Waals surface area contributed by atoms with Gasteiger partial charge in [-0.3, -0.25) is 10.1 Å². The van der Waals surface area contributed by atoms with E-state index in [0.29, 0.717) is 12.5 Å². The van der Waals surface area contributed by atoms with Gasteiger partial charge in [0.2, 0.25) is 0 Å². The maximum atomic E-state index is 11.7. The van der Waals surface area contributed by atoms with Gasteiger partial charge < -0.3 is 15.8 Å². The summed E-state index contributed by atoms with van der Waals surface area (Å²) in [5.74, 6) is 0.917. The van der Waals surface area contributed by atoms with E-state index >= 15 is 0 Å². The molecular weight excluding hydrogens is 298 g/mol. The number of nitrogens with one attached hydrogen (secondary N) is 1. The highest BCUT2D eigenvalue weighted by Crippen LogP contribution is 2.26. The minimum absolute atomic E-state index is 0.0488. The van der Waals surface area contributed by atoms with Gasteiger partial charge in [-0.25, -0.2) is 4.79 Å². The Hall–Kier alpha value is -2.15. The van der Waals surface area contributed by atoms with Crippen LogP contribution in [0.5, 0.6) is 5.75 Å². The molecule has 1 aliphatic carbocycles. The highest BCUT2D eigenvalue weighted by atomic mass is 16.6. The molecule has 126 valence electrons. The monoisotopic (exact) mass is 321 g/mol. The van der Waals surface area contributed by atoms with Crippen LogP contribution >= 0.6 is 0 Å². The van der Waals surface area contributed by atoms with Gasteiger partial charge in [-0.1, -0.05) is 32.1 Å². The van der Waals surface area contributed by atoms with E-state index in [4.69, 9.17) is 10.5 Å². The Morgan fingerprint density at radius 1 is 1.30 bits per heavy atom. The zero-order valence-electron chi connectivity index (χ0n) is 13.1. The molecule has 23 heavy (non-hydrogen) atoms. The van der Waals surface area contributed by atoms with Gasteiger partial charge in [-0.15, -0.1) is 0 Å². The van der Waals surface area contributed by atoms with E-state index < -0.39 is 11.0 Å². The Morgan fingerprint density at radius 3 is 2.57 bits per heavy atom. The minimum atomic E-state index is -0.599. The first kappa shape index (κ1) is 17.2. The Balaban J connectivity index is 1.70. The van der Waals surface area contributed by atoms with Crippen molar-refractivity contribution in [2.24, 2.45) is 11.7 Å². The molecule has 1 saturated carbocycles. The number of nitrogens with two attached hydrogens (primary N) is 1. The maximum Gasteiger partial charge on any atom is 0.412 e. The molecule has 1 aromatic rings. The normalized spacial score (nSPS) is 16.6. The first-order valence-electron chi connectivity index (χ1n) is 8.00. The molecule has 0 radical (unpaired) electrons. The Bertz CT molecular complexity index is 527. The molecule has 0 unspecified atom stereocenters. The smallest absolute Gasteiger partial charge is 0.410 e. The van der Waals surface area contributed by atoms with Gasteiger partial charge in [0, 0.05) is 24.7 Å². The Kier molecular flexibility index (Phi) is 6.34. The summed E-state index contributed by atoms with van der Waals surface area (Å²) < 4.78 is 5.06. The maximum absolute atomic E-state index is 11.7. The van der Waals surface area contributed by atoms with E-state index in [1.807, 2.05) is 0 Å². The number of ether oxygens (including phenoxy) is 1. The zero-order valence-corrected chi connectivity index (χ0v) is 13.1. The number of carbonyl (C=O) groups excluding carboxylic acids is 1. The van der Waals surface area contributed by atoms with Gasteiger partial charge >= 0.3 is 6.09 Å². The molecule has 3 N–H and O–H groups in total. The number of nitro groups is 1. The second-order valence-electron chi connectivity index (χ2n) is 6.02. The number of nitro benzene ring substituents is 1. The van der Waals surface area contributed by atoms with Crippen LogP contribution in [0.15, 0.2) is 24.3 Å². The van der Waals surface area contributed by atoms with Gasteiger partial charge in [-0.05, 0) is 24.5 Å². The SMILES string of the molecule is N[C@H](CNC(=O)Oc1ccc([N+](=O)[O-])cc1)CC1CCCCC1. The largest absolute Gasteiger partial charge is 0.412 e. The number of carbonyl (C=O) groups is 1. The van der Waals surface area contributed by atoms with Crippen LogP contribution < -0.4 is 15.8 Å². The summed E-state index contributed by atoms with van der Waals surface area (Å²) in [4.78, 5) is 21.7. The molecule has 7 nitrogen and oxygen atoms in total. The average molecular weight is 321 g/mol. The number of rotatable bonds is 6. The summed E-state index contributed by atoms with van der Waals surface area (Å²) in [5.41, 5.74) is 6.01. The highest BCUT2D eigenvalue weighted by molar-refractivity contribution is 5.70. The molecule has 0 bridgehead atoms. The molecule has 0 heterocycles. The molecule has 0 spiro atoms. The van der Waals surface area contributed by atoms with Gasteiger partial charge in [0.1, 0.15) is 5.75 Å². The quantitative estimate of drug-likeness (QED) is 0.618. The first-order valence-corrected chi connectivity index (χ1v) is 8.00. The third-order valence-electron chi connectivity index (χ3n) is 4.13. The number of nitrogens with zero attached hydrogens (tertiary/aromatic N) is 1. The van der Waals surface area contributed by atoms with Crippen molar-refractivity contribution in [1.29, 1.82) is 0 Å². The fourth-order valence-electron chi connectivity index (χ4n) is 2.93. The van der Waals surface area contributed by atoms with Gasteiger partial charge in [-0.2, -0.15) is 0 Å². The Morgan fingerprint density at radius 2 is 1.96 bits per heavy atom. The topological polar surface area (TPSA) is 107 Å². The first-order chi connectivity index (χ1) is 11.0. The van der Waals surface area contributed by atoms with Crippen LogP contribution in [0.3, 0.4) is 0 Å². The molecule has 1 atom stereocenters. The van der Waals surface area contributed by atoms with Crippen LogP contribution in [-0.4, -0.2) is 23.6 Å². The van der Waals surface area contributed by atoms with E-state index in [0.717, 1.165) is 6.42 Å². The van der Waals surface area contributed by atoms with Crippen molar-refractivity contribution < 1.29 is 14.5 Å². The van der Waals surface area contributed by atoms with E-state index in [2.05, 4.69) is 5.32 Å². The van der Waals surface area contributed by atoms with E-state index in [1.54, 1.807) is 0 Å². The molecule has 0 aromatic heterocycles. The van der Waals surface area contributed by atoms with Crippen LogP contribution in [0.25, 0.3) is 0 Å². The van der Waals surface area contributed by atoms with Gasteiger partial charge in [0.05, 0.1) is 4.92 Å². The number of benzene rings is 1. The summed E-state index contributed by atoms with van der Waals surface area (Å²) in [7, 11) is 0. The number of hydrogen-bond acceptors (Lipinski definition) is 5. The molecule has 1 amide bonds. The third kappa shape index (κ3) is 5.86. The van der Waals surface area contributed by atoms with Crippen LogP contribution in [0.2, 0.25) is 0 Å². The fourth-order valence-corrected chi connectivity index (χ4v) is 2.93. The highest BCUT2D eigenvalue weighted by Gasteiger charge is 2.17. The van der Waals surface area contributed by atoms with Crippen LogP contribution in [0.1, 0.15) is 38.5 Å². The van der Waals surface area contributed by atoms with Crippen molar-refractivity contribution in [2.45, 2.75) is 44.6 Å². The second-order valence-corrected chi connectivity index (χ2v) is 6.02. The number of amides is 1. The molecular formula is C16H23N3O4. The van der Waals surface area contributed by atoms with E-state index in [-0.39, 0.29) is 17.5 Å². The van der Waals surface area contributed by atoms with Crippen molar-refractivity contribution in [3.63, 3.8) is 0 Å². The molecule has 1 aromatic carbocycles. The van der Waals surface area contributed by atoms with E-state index in [1.165, 1.54) is 56.4 Å². The van der Waals surface area contributed by atoms with Crippen molar-refractivity contribution in [3.05, 3.63) is 34.4 Å². The molecule has 0 aliphatic heterocycles. The molecule has 7 heteroatoms. The van der Waals surface area contributed by atoms with Crippen molar-refractivity contribution >= 4 is 11.8 Å². The lowest BCUT2D eigenvalue weighted by molar-refractivity contribution is -0.384. The van der Waals surface area contributed by atoms with Crippen LogP contribution in [0.4, 0.5) is 10.5 Å². The van der Waals surface area contributed by atoms with Gasteiger partial charge in [0.25, 0.3) is 5.69 Å². The molecule has 2 rings (SSSR count). The van der Waals surface area contributed by atoms with Crippen LogP contribution in [0, 0.1) is 16.0 Å². The van der Waals surface area contributed by atoms with Crippen molar-refractivity contribution in [1.82, 2.24) is 5.32 Å². The molecule has 1 fully saturated rings. The fraction of sp³-hybridized carbons (Fsp3) is 0.562. The number of non-ortho nitro benzene ring substituents is 1. The predicted octanol–water partition coefficient (Wildman–Crippen LogP) is 2.98. The lowest BCUT2D eigenvalue weighted by atomic mass is 9.85. The average Bonchev–Trinajstić information content (AvgIpc) is 2.54. The zero-order chi connectivity index (χ0) is 16.7. The molecule has 0 saturated heterocycles. The Labute approximate surface area is 135 Å². The summed E-state index contributed by atoms with van der Waals surface area (Å²) in [6.45, 7) is 0.363. The van der Waals surface area contributed by atoms with Crippen molar-refractivity contribution in [3.8, 4) is 5.75 Å². The standard InChI is InChI=1S/C16H23N3O4/c17-13(10-12-4-2-1-3-5-12)11-18-16(20)23-15-8-6-14(7-9-15)19(21)22/h6-9,12-13H,1-5,10-11,17H2,(H,18,20)/t13-/m0/s1. The lowest BCUT2D eigenvalue weighted by Crippen LogP contribution is -2.39. The summed E-state index contributed by atoms with van der Waals surface area (Å²) in [5, 5.41) is 13.2. The lowest BCUT2D eigenvalue weighted by Gasteiger charge is -2.24. The van der Waals surface area contributed by atoms with Crippen molar-refractivity contribution in [2.75, 3.05) is 6.54 Å². The summed E-state index contributed by atoms with van der Waals surface area (Å²) in [6.07, 6.45) is 6.61. The predicted molar refractivity (Wildman–Crippen MR) is 86.3 cm³/mol. The third-order valence-corrected chi connectivity index (χ3v) is 4.13. The van der Waals surface area contributed by atoms with Gasteiger partial charge in [0.15, 0.2) is 0 Å². The second kappa shape index (κ2) is 8.47. The number of hydrogen-bond donors (Lipinski definition) is 2.